The highest BCUT2D eigenvalue weighted by Crippen LogP contribution is 2.26. The average Bonchev–Trinajstić information content (AvgIpc) is 2.80. The predicted molar refractivity (Wildman–Crippen MR) is 89.8 cm³/mol. The van der Waals surface area contributed by atoms with Crippen LogP contribution in [0.1, 0.15) is 44.0 Å². The summed E-state index contributed by atoms with van der Waals surface area (Å²) in [6.07, 6.45) is 13.5. The van der Waals surface area contributed by atoms with E-state index in [1.54, 1.807) is 7.11 Å². The molecular weight excluding hydrogens is 276 g/mol. The number of hydrogen-bond donors (Lipinski definition) is 0. The number of allylic oxidation sites excluding steroid dienone is 5. The third kappa shape index (κ3) is 2.75. The van der Waals surface area contributed by atoms with Gasteiger partial charge in [-0.05, 0) is 51.2 Å². The Morgan fingerprint density at radius 1 is 1.27 bits per heavy atom. The first-order valence-electron chi connectivity index (χ1n) is 8.10. The van der Waals surface area contributed by atoms with E-state index in [0.717, 1.165) is 49.2 Å². The van der Waals surface area contributed by atoms with E-state index in [4.69, 9.17) is 4.74 Å². The van der Waals surface area contributed by atoms with Crippen molar-refractivity contribution in [1.29, 1.82) is 0 Å². The lowest BCUT2D eigenvalue weighted by Crippen LogP contribution is -2.25. The highest BCUT2D eigenvalue weighted by Gasteiger charge is 2.22. The lowest BCUT2D eigenvalue weighted by Gasteiger charge is -2.15. The van der Waals surface area contributed by atoms with E-state index in [-0.39, 0.29) is 5.69 Å². The minimum Gasteiger partial charge on any atom is -0.385 e. The molecule has 0 aliphatic heterocycles. The Morgan fingerprint density at radius 3 is 2.86 bits per heavy atom. The monoisotopic (exact) mass is 300 g/mol. The van der Waals surface area contributed by atoms with Crippen molar-refractivity contribution in [3.05, 3.63) is 45.7 Å². The number of hydrogen-bond acceptors (Lipinski definition) is 2. The summed E-state index contributed by atoms with van der Waals surface area (Å²) in [5.41, 5.74) is 4.71. The molecule has 3 rings (SSSR count). The van der Waals surface area contributed by atoms with Crippen molar-refractivity contribution in [2.24, 2.45) is 0 Å². The number of aromatic nitrogens is 2. The SMILES string of the molecule is COCCCn1c2c(n(C3=CCCC=C3)c1=O)CCC(C)=C2. The normalized spacial score (nSPS) is 17.2. The minimum absolute atomic E-state index is 0.0878. The maximum Gasteiger partial charge on any atom is 0.333 e. The van der Waals surface area contributed by atoms with Gasteiger partial charge in [-0.25, -0.2) is 4.79 Å². The van der Waals surface area contributed by atoms with Crippen LogP contribution < -0.4 is 5.69 Å². The van der Waals surface area contributed by atoms with Crippen molar-refractivity contribution >= 4 is 11.8 Å². The third-order valence-electron chi connectivity index (χ3n) is 4.38. The molecule has 0 amide bonds. The summed E-state index contributed by atoms with van der Waals surface area (Å²) >= 11 is 0. The van der Waals surface area contributed by atoms with E-state index < -0.39 is 0 Å². The van der Waals surface area contributed by atoms with Crippen molar-refractivity contribution in [2.45, 2.75) is 45.6 Å². The average molecular weight is 300 g/mol. The molecule has 0 aromatic carbocycles. The maximum absolute atomic E-state index is 12.9. The van der Waals surface area contributed by atoms with Crippen molar-refractivity contribution in [3.8, 4) is 0 Å². The third-order valence-corrected chi connectivity index (χ3v) is 4.38. The largest absolute Gasteiger partial charge is 0.385 e. The van der Waals surface area contributed by atoms with Crippen LogP contribution in [0, 0.1) is 0 Å². The van der Waals surface area contributed by atoms with Gasteiger partial charge in [0.15, 0.2) is 0 Å². The molecule has 118 valence electrons. The van der Waals surface area contributed by atoms with Gasteiger partial charge in [0.25, 0.3) is 0 Å². The number of fused-ring (bicyclic) bond motifs is 1. The predicted octanol–water partition coefficient (Wildman–Crippen LogP) is 3.23. The second-order valence-corrected chi connectivity index (χ2v) is 6.05. The Labute approximate surface area is 131 Å². The number of nitrogens with zero attached hydrogens (tertiary/aromatic N) is 2. The van der Waals surface area contributed by atoms with Crippen LogP contribution in [-0.4, -0.2) is 22.9 Å². The molecular formula is C18H24N2O2. The molecule has 0 saturated carbocycles. The van der Waals surface area contributed by atoms with E-state index in [1.165, 1.54) is 5.57 Å². The fraction of sp³-hybridized carbons (Fsp3) is 0.500. The molecule has 22 heavy (non-hydrogen) atoms. The Hall–Kier alpha value is -1.81. The first-order valence-corrected chi connectivity index (χ1v) is 8.10. The number of methoxy groups -OCH3 is 1. The molecule has 0 radical (unpaired) electrons. The van der Waals surface area contributed by atoms with Crippen molar-refractivity contribution in [2.75, 3.05) is 13.7 Å². The van der Waals surface area contributed by atoms with Crippen LogP contribution in [0.2, 0.25) is 0 Å². The fourth-order valence-electron chi connectivity index (χ4n) is 3.25. The van der Waals surface area contributed by atoms with Gasteiger partial charge in [-0.15, -0.1) is 0 Å². The topological polar surface area (TPSA) is 36.2 Å². The van der Waals surface area contributed by atoms with Crippen LogP contribution in [0.25, 0.3) is 11.8 Å². The quantitative estimate of drug-likeness (QED) is 0.783. The lowest BCUT2D eigenvalue weighted by atomic mass is 10.0. The molecule has 2 aliphatic carbocycles. The Kier molecular flexibility index (Phi) is 4.48. The van der Waals surface area contributed by atoms with Crippen LogP contribution in [-0.2, 0) is 17.7 Å². The molecule has 0 atom stereocenters. The van der Waals surface area contributed by atoms with Crippen molar-refractivity contribution in [3.63, 3.8) is 0 Å². The molecule has 0 fully saturated rings. The standard InChI is InChI=1S/C18H24N2O2/c1-14-9-10-16-17(13-14)19(11-6-12-22-2)18(21)20(16)15-7-4-3-5-8-15/h4,7-8,13H,3,5-6,9-12H2,1-2H3. The fourth-order valence-corrected chi connectivity index (χ4v) is 3.25. The van der Waals surface area contributed by atoms with Crippen LogP contribution >= 0.6 is 0 Å². The van der Waals surface area contributed by atoms with E-state index >= 15 is 0 Å². The van der Waals surface area contributed by atoms with Gasteiger partial charge in [0.2, 0.25) is 0 Å². The lowest BCUT2D eigenvalue weighted by molar-refractivity contribution is 0.190. The minimum atomic E-state index is 0.0878. The van der Waals surface area contributed by atoms with Gasteiger partial charge in [0.05, 0.1) is 11.4 Å². The smallest absolute Gasteiger partial charge is 0.333 e. The zero-order chi connectivity index (χ0) is 15.5. The van der Waals surface area contributed by atoms with Crippen molar-refractivity contribution < 1.29 is 4.74 Å². The van der Waals surface area contributed by atoms with Gasteiger partial charge in [0, 0.05) is 26.0 Å². The van der Waals surface area contributed by atoms with E-state index in [9.17, 15) is 4.79 Å². The summed E-state index contributed by atoms with van der Waals surface area (Å²) < 4.78 is 8.97. The molecule has 1 aromatic heterocycles. The molecule has 0 bridgehead atoms. The number of imidazole rings is 1. The summed E-state index contributed by atoms with van der Waals surface area (Å²) in [6.45, 7) is 3.53. The Balaban J connectivity index is 2.07. The zero-order valence-electron chi connectivity index (χ0n) is 13.5. The van der Waals surface area contributed by atoms with Crippen molar-refractivity contribution in [1.82, 2.24) is 9.13 Å². The zero-order valence-corrected chi connectivity index (χ0v) is 13.5. The van der Waals surface area contributed by atoms with E-state index in [0.29, 0.717) is 13.2 Å². The molecule has 1 heterocycles. The second kappa shape index (κ2) is 6.53. The molecule has 4 heteroatoms. The summed E-state index contributed by atoms with van der Waals surface area (Å²) in [6, 6.07) is 0. The highest BCUT2D eigenvalue weighted by atomic mass is 16.5. The highest BCUT2D eigenvalue weighted by molar-refractivity contribution is 5.64. The van der Waals surface area contributed by atoms with Gasteiger partial charge in [-0.2, -0.15) is 0 Å². The number of ether oxygens (including phenoxy) is 1. The van der Waals surface area contributed by atoms with Gasteiger partial charge >= 0.3 is 5.69 Å². The molecule has 0 spiro atoms. The van der Waals surface area contributed by atoms with Gasteiger partial charge < -0.3 is 4.74 Å². The second-order valence-electron chi connectivity index (χ2n) is 6.05. The summed E-state index contributed by atoms with van der Waals surface area (Å²) in [5.74, 6) is 0. The number of rotatable bonds is 5. The van der Waals surface area contributed by atoms with Crippen LogP contribution in [0.5, 0.6) is 0 Å². The van der Waals surface area contributed by atoms with Crippen LogP contribution in [0.3, 0.4) is 0 Å². The Bertz CT molecular complexity index is 701. The van der Waals surface area contributed by atoms with Crippen LogP contribution in [0.15, 0.2) is 28.6 Å². The summed E-state index contributed by atoms with van der Waals surface area (Å²) in [4.78, 5) is 12.9. The van der Waals surface area contributed by atoms with Gasteiger partial charge in [-0.1, -0.05) is 17.7 Å². The van der Waals surface area contributed by atoms with E-state index in [2.05, 4.69) is 31.2 Å². The van der Waals surface area contributed by atoms with Crippen LogP contribution in [0.4, 0.5) is 0 Å². The maximum atomic E-state index is 12.9. The summed E-state index contributed by atoms with van der Waals surface area (Å²) in [5, 5.41) is 0. The Morgan fingerprint density at radius 2 is 2.14 bits per heavy atom. The molecule has 0 N–H and O–H groups in total. The van der Waals surface area contributed by atoms with E-state index in [1.807, 2.05) is 9.13 Å². The van der Waals surface area contributed by atoms with Gasteiger partial charge in [0.1, 0.15) is 0 Å². The molecule has 1 aromatic rings. The summed E-state index contributed by atoms with van der Waals surface area (Å²) in [7, 11) is 1.70. The molecule has 4 nitrogen and oxygen atoms in total. The molecule has 0 saturated heterocycles. The first kappa shape index (κ1) is 15.1. The molecule has 0 unspecified atom stereocenters. The first-order chi connectivity index (χ1) is 10.7. The molecule has 2 aliphatic rings. The van der Waals surface area contributed by atoms with Gasteiger partial charge in [-0.3, -0.25) is 9.13 Å².